The summed E-state index contributed by atoms with van der Waals surface area (Å²) in [4.78, 5) is 30.3. The monoisotopic (exact) mass is 352 g/mol. The second-order valence-electron chi connectivity index (χ2n) is 7.86. The van der Waals surface area contributed by atoms with Crippen molar-refractivity contribution >= 4 is 5.91 Å². The van der Waals surface area contributed by atoms with Crippen LogP contribution in [0.3, 0.4) is 0 Å². The van der Waals surface area contributed by atoms with Crippen LogP contribution in [0.2, 0.25) is 0 Å². The van der Waals surface area contributed by atoms with Gasteiger partial charge >= 0.3 is 0 Å². The highest BCUT2D eigenvalue weighted by Crippen LogP contribution is 2.41. The van der Waals surface area contributed by atoms with E-state index in [1.807, 2.05) is 11.0 Å². The van der Waals surface area contributed by atoms with E-state index in [9.17, 15) is 9.59 Å². The van der Waals surface area contributed by atoms with Crippen LogP contribution in [0.1, 0.15) is 70.2 Å². The molecule has 2 aromatic heterocycles. The van der Waals surface area contributed by atoms with Crippen molar-refractivity contribution in [3.8, 4) is 0 Å². The number of aromatic amines is 2. The molecule has 1 amide bonds. The molecule has 3 aliphatic rings. The van der Waals surface area contributed by atoms with Crippen molar-refractivity contribution in [1.29, 1.82) is 0 Å². The number of nitrogens with zero attached hydrogens (tertiary/aromatic N) is 2. The molecular formula is C20H24N4O2. The molecule has 1 saturated carbocycles. The first kappa shape index (κ1) is 15.9. The first-order valence-corrected chi connectivity index (χ1v) is 9.81. The maximum Gasteiger partial charge on any atom is 0.261 e. The maximum atomic E-state index is 13.0. The van der Waals surface area contributed by atoms with Gasteiger partial charge < -0.3 is 9.88 Å². The number of amides is 1. The van der Waals surface area contributed by atoms with E-state index in [4.69, 9.17) is 0 Å². The van der Waals surface area contributed by atoms with Crippen LogP contribution in [0.5, 0.6) is 0 Å². The summed E-state index contributed by atoms with van der Waals surface area (Å²) in [5, 5.41) is 7.69. The zero-order chi connectivity index (χ0) is 17.7. The highest BCUT2D eigenvalue weighted by atomic mass is 16.2. The van der Waals surface area contributed by atoms with Gasteiger partial charge in [0.25, 0.3) is 11.5 Å². The molecule has 2 aromatic rings. The molecule has 1 aliphatic heterocycles. The standard InChI is InChI=1S/C20H24N4O2/c25-19-15(11-13-3-1-2-4-16(13)21-19)20(26)24-9-7-14-17(8-10-24)22-23-18(14)12-5-6-12/h11-12H,1-10H2,(H,21,25)(H,22,23). The second kappa shape index (κ2) is 6.11. The molecule has 0 spiro atoms. The van der Waals surface area contributed by atoms with E-state index in [1.165, 1.54) is 29.8 Å². The number of rotatable bonds is 2. The highest BCUT2D eigenvalue weighted by Gasteiger charge is 2.32. The largest absolute Gasteiger partial charge is 0.338 e. The van der Waals surface area contributed by atoms with Crippen molar-refractivity contribution in [2.75, 3.05) is 13.1 Å². The predicted octanol–water partition coefficient (Wildman–Crippen LogP) is 2.10. The number of carbonyl (C=O) groups excluding carboxylic acids is 1. The zero-order valence-corrected chi connectivity index (χ0v) is 14.9. The van der Waals surface area contributed by atoms with Gasteiger partial charge in [-0.25, -0.2) is 0 Å². The molecule has 26 heavy (non-hydrogen) atoms. The van der Waals surface area contributed by atoms with Gasteiger partial charge in [-0.1, -0.05) is 0 Å². The lowest BCUT2D eigenvalue weighted by molar-refractivity contribution is 0.0760. The molecule has 0 unspecified atom stereocenters. The van der Waals surface area contributed by atoms with E-state index in [0.29, 0.717) is 24.6 Å². The second-order valence-corrected chi connectivity index (χ2v) is 7.86. The number of hydrogen-bond donors (Lipinski definition) is 2. The van der Waals surface area contributed by atoms with Crippen LogP contribution in [0.15, 0.2) is 10.9 Å². The summed E-state index contributed by atoms with van der Waals surface area (Å²) >= 11 is 0. The fourth-order valence-electron chi connectivity index (χ4n) is 4.41. The minimum Gasteiger partial charge on any atom is -0.338 e. The average molecular weight is 352 g/mol. The number of carbonyl (C=O) groups is 1. The lowest BCUT2D eigenvalue weighted by Crippen LogP contribution is -2.37. The molecule has 0 saturated heterocycles. The third-order valence-corrected chi connectivity index (χ3v) is 6.07. The Kier molecular flexibility index (Phi) is 3.72. The van der Waals surface area contributed by atoms with Crippen LogP contribution in [-0.4, -0.2) is 39.1 Å². The third-order valence-electron chi connectivity index (χ3n) is 6.07. The summed E-state index contributed by atoms with van der Waals surface area (Å²) in [5.41, 5.74) is 5.91. The van der Waals surface area contributed by atoms with Gasteiger partial charge in [0, 0.05) is 36.8 Å². The Morgan fingerprint density at radius 2 is 1.88 bits per heavy atom. The first-order chi connectivity index (χ1) is 12.7. The smallest absolute Gasteiger partial charge is 0.261 e. The Hall–Kier alpha value is -2.37. The van der Waals surface area contributed by atoms with Gasteiger partial charge in [-0.3, -0.25) is 14.7 Å². The van der Waals surface area contributed by atoms with Gasteiger partial charge in [-0.05, 0) is 62.1 Å². The molecule has 6 heteroatoms. The Morgan fingerprint density at radius 3 is 2.73 bits per heavy atom. The van der Waals surface area contributed by atoms with Crippen molar-refractivity contribution in [2.24, 2.45) is 0 Å². The van der Waals surface area contributed by atoms with Gasteiger partial charge in [0.1, 0.15) is 5.56 Å². The summed E-state index contributed by atoms with van der Waals surface area (Å²) in [5.74, 6) is 0.478. The van der Waals surface area contributed by atoms with Crippen molar-refractivity contribution in [2.45, 2.75) is 57.3 Å². The normalized spacial score (nSPS) is 19.6. The number of nitrogens with one attached hydrogen (secondary N) is 2. The van der Waals surface area contributed by atoms with Crippen LogP contribution < -0.4 is 5.56 Å². The molecule has 0 aromatic carbocycles. The quantitative estimate of drug-likeness (QED) is 0.868. The number of hydrogen-bond acceptors (Lipinski definition) is 3. The third kappa shape index (κ3) is 2.68. The van der Waals surface area contributed by atoms with Crippen LogP contribution in [0, 0.1) is 0 Å². The predicted molar refractivity (Wildman–Crippen MR) is 97.6 cm³/mol. The Balaban J connectivity index is 1.39. The van der Waals surface area contributed by atoms with E-state index in [2.05, 4.69) is 15.2 Å². The molecule has 3 heterocycles. The Morgan fingerprint density at radius 1 is 1.08 bits per heavy atom. The van der Waals surface area contributed by atoms with E-state index in [0.717, 1.165) is 49.8 Å². The molecule has 0 radical (unpaired) electrons. The number of H-pyrrole nitrogens is 2. The van der Waals surface area contributed by atoms with Crippen molar-refractivity contribution in [3.63, 3.8) is 0 Å². The summed E-state index contributed by atoms with van der Waals surface area (Å²) < 4.78 is 0. The number of aryl methyl sites for hydroxylation is 2. The molecule has 5 rings (SSSR count). The molecule has 2 N–H and O–H groups in total. The minimum atomic E-state index is -0.237. The number of pyridine rings is 1. The number of fused-ring (bicyclic) bond motifs is 2. The van der Waals surface area contributed by atoms with Crippen LogP contribution in [-0.2, 0) is 25.7 Å². The average Bonchev–Trinajstić information content (AvgIpc) is 3.45. The van der Waals surface area contributed by atoms with Crippen LogP contribution in [0.25, 0.3) is 0 Å². The highest BCUT2D eigenvalue weighted by molar-refractivity contribution is 5.94. The van der Waals surface area contributed by atoms with Crippen LogP contribution >= 0.6 is 0 Å². The minimum absolute atomic E-state index is 0.134. The Labute approximate surface area is 152 Å². The van der Waals surface area contributed by atoms with Gasteiger partial charge in [-0.2, -0.15) is 5.10 Å². The van der Waals surface area contributed by atoms with E-state index < -0.39 is 0 Å². The van der Waals surface area contributed by atoms with Crippen molar-refractivity contribution in [1.82, 2.24) is 20.1 Å². The lowest BCUT2D eigenvalue weighted by Gasteiger charge is -2.21. The van der Waals surface area contributed by atoms with E-state index in [-0.39, 0.29) is 11.5 Å². The summed E-state index contributed by atoms with van der Waals surface area (Å²) in [7, 11) is 0. The molecule has 1 fully saturated rings. The Bertz CT molecular complexity index is 922. The zero-order valence-electron chi connectivity index (χ0n) is 14.9. The van der Waals surface area contributed by atoms with E-state index >= 15 is 0 Å². The maximum absolute atomic E-state index is 13.0. The molecule has 6 nitrogen and oxygen atoms in total. The van der Waals surface area contributed by atoms with Gasteiger partial charge in [0.05, 0.1) is 5.69 Å². The van der Waals surface area contributed by atoms with Gasteiger partial charge in [0.2, 0.25) is 0 Å². The number of aromatic nitrogens is 3. The fourth-order valence-corrected chi connectivity index (χ4v) is 4.41. The fraction of sp³-hybridized carbons (Fsp3) is 0.550. The SMILES string of the molecule is O=C(c1cc2c([nH]c1=O)CCCC2)N1CCc2[nH]nc(C3CC3)c2CC1. The van der Waals surface area contributed by atoms with Crippen molar-refractivity contribution in [3.05, 3.63) is 50.2 Å². The van der Waals surface area contributed by atoms with Crippen LogP contribution in [0.4, 0.5) is 0 Å². The first-order valence-electron chi connectivity index (χ1n) is 9.81. The van der Waals surface area contributed by atoms with Gasteiger partial charge in [-0.15, -0.1) is 0 Å². The molecule has 0 bridgehead atoms. The molecule has 2 aliphatic carbocycles. The molecule has 0 atom stereocenters. The van der Waals surface area contributed by atoms with E-state index in [1.54, 1.807) is 0 Å². The summed E-state index contributed by atoms with van der Waals surface area (Å²) in [6.45, 7) is 1.29. The molecular weight excluding hydrogens is 328 g/mol. The molecule has 136 valence electrons. The van der Waals surface area contributed by atoms with Gasteiger partial charge in [0.15, 0.2) is 0 Å². The summed E-state index contributed by atoms with van der Waals surface area (Å²) in [6, 6.07) is 1.84. The topological polar surface area (TPSA) is 81.9 Å². The lowest BCUT2D eigenvalue weighted by atomic mass is 9.95. The summed E-state index contributed by atoms with van der Waals surface area (Å²) in [6.07, 6.45) is 8.16. The van der Waals surface area contributed by atoms with Crippen molar-refractivity contribution < 1.29 is 4.79 Å².